The topological polar surface area (TPSA) is 107 Å². The molecule has 2 heterocycles. The van der Waals surface area contributed by atoms with Gasteiger partial charge in [0.25, 0.3) is 0 Å². The number of nitrogens with zero attached hydrogens (tertiary/aromatic N) is 3. The van der Waals surface area contributed by atoms with Crippen LogP contribution in [0.1, 0.15) is 51.6 Å². The van der Waals surface area contributed by atoms with Crippen molar-refractivity contribution in [1.29, 1.82) is 0 Å². The normalized spacial score (nSPS) is 17.8. The van der Waals surface area contributed by atoms with Crippen molar-refractivity contribution >= 4 is 39.3 Å². The lowest BCUT2D eigenvalue weighted by molar-refractivity contribution is -0.129. The minimum Gasteiger partial charge on any atom is -0.354 e. The molecule has 9 nitrogen and oxygen atoms in total. The van der Waals surface area contributed by atoms with Gasteiger partial charge in [-0.15, -0.1) is 11.3 Å². The lowest BCUT2D eigenvalue weighted by atomic mass is 9.98. The molecular weight excluding hydrogens is 512 g/mol. The highest BCUT2D eigenvalue weighted by Gasteiger charge is 2.27. The summed E-state index contributed by atoms with van der Waals surface area (Å²) in [6, 6.07) is 5.22. The number of piperazine rings is 1. The monoisotopic (exact) mass is 558 g/mol. The van der Waals surface area contributed by atoms with Gasteiger partial charge in [-0.25, -0.2) is 4.98 Å². The first-order valence-corrected chi connectivity index (χ1v) is 15.1. The van der Waals surface area contributed by atoms with Gasteiger partial charge in [0, 0.05) is 64.6 Å². The summed E-state index contributed by atoms with van der Waals surface area (Å²) in [5, 5.41) is 9.80. The van der Waals surface area contributed by atoms with Crippen molar-refractivity contribution in [2.45, 2.75) is 66.0 Å². The van der Waals surface area contributed by atoms with Gasteiger partial charge in [0.05, 0.1) is 15.2 Å². The number of benzene rings is 1. The highest BCUT2D eigenvalue weighted by molar-refractivity contribution is 7.18. The molecule has 1 aromatic carbocycles. The first-order chi connectivity index (χ1) is 18.6. The first kappa shape index (κ1) is 31.0. The van der Waals surface area contributed by atoms with Gasteiger partial charge < -0.3 is 25.8 Å². The molecule has 1 aromatic heterocycles. The Bertz CT molecular complexity index is 1110. The second-order valence-corrected chi connectivity index (χ2v) is 12.1. The highest BCUT2D eigenvalue weighted by Crippen LogP contribution is 2.24. The van der Waals surface area contributed by atoms with E-state index >= 15 is 0 Å². The molecule has 1 aliphatic heterocycles. The Labute approximate surface area is 237 Å². The third-order valence-corrected chi connectivity index (χ3v) is 8.75. The van der Waals surface area contributed by atoms with Crippen LogP contribution in [-0.2, 0) is 27.2 Å². The fourth-order valence-corrected chi connectivity index (χ4v) is 5.88. The number of rotatable bonds is 13. The number of likely N-dealkylation sites (N-methyl/N-ethyl adjacent to an activating group) is 1. The van der Waals surface area contributed by atoms with Gasteiger partial charge in [-0.05, 0) is 37.1 Å². The Kier molecular flexibility index (Phi) is 11.7. The van der Waals surface area contributed by atoms with Gasteiger partial charge in [0.15, 0.2) is 0 Å². The van der Waals surface area contributed by atoms with Crippen molar-refractivity contribution in [1.82, 2.24) is 30.7 Å². The molecule has 1 aliphatic rings. The molecule has 4 atom stereocenters. The van der Waals surface area contributed by atoms with Gasteiger partial charge in [-0.3, -0.25) is 14.4 Å². The fourth-order valence-electron chi connectivity index (χ4n) is 4.80. The molecule has 0 radical (unpaired) electrons. The van der Waals surface area contributed by atoms with Crippen molar-refractivity contribution in [3.8, 4) is 0 Å². The maximum atomic E-state index is 13.4. The molecule has 3 N–H and O–H groups in total. The average Bonchev–Trinajstić information content (AvgIpc) is 3.32. The summed E-state index contributed by atoms with van der Waals surface area (Å²) in [5.41, 5.74) is 2.14. The van der Waals surface area contributed by atoms with Gasteiger partial charge in [0.2, 0.25) is 17.7 Å². The Hall–Kier alpha value is -2.56. The van der Waals surface area contributed by atoms with Gasteiger partial charge >= 0.3 is 0 Å². The van der Waals surface area contributed by atoms with Crippen LogP contribution in [0.5, 0.6) is 0 Å². The molecule has 0 aliphatic carbocycles. The fraction of sp³-hybridized carbons (Fsp3) is 0.655. The molecule has 2 unspecified atom stereocenters. The smallest absolute Gasteiger partial charge is 0.243 e. The van der Waals surface area contributed by atoms with Crippen LogP contribution in [0, 0.1) is 11.8 Å². The molecule has 1 saturated heterocycles. The Morgan fingerprint density at radius 3 is 2.41 bits per heavy atom. The molecule has 0 bridgehead atoms. The maximum absolute atomic E-state index is 13.4. The van der Waals surface area contributed by atoms with E-state index in [1.54, 1.807) is 11.3 Å². The van der Waals surface area contributed by atoms with Crippen LogP contribution in [0.25, 0.3) is 10.2 Å². The van der Waals surface area contributed by atoms with E-state index in [9.17, 15) is 14.4 Å². The number of carbonyl (C=O) groups excluding carboxylic acids is 3. The molecule has 216 valence electrons. The number of thiazole rings is 1. The molecule has 10 heteroatoms. The van der Waals surface area contributed by atoms with Gasteiger partial charge in [0.1, 0.15) is 6.04 Å². The quantitative estimate of drug-likeness (QED) is 0.349. The number of aryl methyl sites for hydroxylation is 1. The lowest BCUT2D eigenvalue weighted by Gasteiger charge is -2.33. The van der Waals surface area contributed by atoms with Crippen molar-refractivity contribution in [3.63, 3.8) is 0 Å². The molecule has 3 rings (SSSR count). The van der Waals surface area contributed by atoms with Crippen LogP contribution in [0.15, 0.2) is 18.2 Å². The number of hydrogen-bond acceptors (Lipinski definition) is 7. The van der Waals surface area contributed by atoms with Crippen LogP contribution in [0.2, 0.25) is 0 Å². The van der Waals surface area contributed by atoms with Gasteiger partial charge in [-0.1, -0.05) is 40.2 Å². The molecule has 0 saturated carbocycles. The zero-order valence-electron chi connectivity index (χ0n) is 24.4. The number of hydrogen-bond donors (Lipinski definition) is 3. The molecule has 0 spiro atoms. The largest absolute Gasteiger partial charge is 0.354 e. The first-order valence-electron chi connectivity index (χ1n) is 14.2. The summed E-state index contributed by atoms with van der Waals surface area (Å²) in [5.74, 6) is -0.522. The minimum absolute atomic E-state index is 0.00387. The molecule has 39 heavy (non-hydrogen) atoms. The zero-order valence-corrected chi connectivity index (χ0v) is 25.2. The molecule has 1 fully saturated rings. The lowest BCUT2D eigenvalue weighted by Crippen LogP contribution is -2.55. The number of amides is 3. The standard InChI is InChI=1S/C29H46N6O3S/c1-7-19(3)25(17-30-28(37)20(4)18-35-13-11-34(6)12-14-35)33-29(38)24(31-21(5)36)16-27-32-23-10-9-22(8-2)15-26(23)39-27/h9-10,15,19-20,24-25H,7-8,11-14,16-18H2,1-6H3,(H,30,37)(H,31,36)(H,33,38)/t19-,20?,24-,25?/m0/s1. The van der Waals surface area contributed by atoms with E-state index in [1.807, 2.05) is 13.0 Å². The average molecular weight is 559 g/mol. The second kappa shape index (κ2) is 14.7. The van der Waals surface area contributed by atoms with E-state index in [0.717, 1.165) is 60.8 Å². The van der Waals surface area contributed by atoms with Crippen LogP contribution >= 0.6 is 11.3 Å². The predicted octanol–water partition coefficient (Wildman–Crippen LogP) is 2.44. The highest BCUT2D eigenvalue weighted by atomic mass is 32.1. The van der Waals surface area contributed by atoms with E-state index in [0.29, 0.717) is 13.0 Å². The van der Waals surface area contributed by atoms with Crippen LogP contribution in [0.3, 0.4) is 0 Å². The summed E-state index contributed by atoms with van der Waals surface area (Å²) in [6.07, 6.45) is 2.11. The Balaban J connectivity index is 1.62. The van der Waals surface area contributed by atoms with Crippen molar-refractivity contribution in [2.75, 3.05) is 46.3 Å². The predicted molar refractivity (Wildman–Crippen MR) is 158 cm³/mol. The van der Waals surface area contributed by atoms with E-state index in [4.69, 9.17) is 4.98 Å². The Morgan fingerprint density at radius 2 is 1.77 bits per heavy atom. The number of fused-ring (bicyclic) bond motifs is 1. The van der Waals surface area contributed by atoms with Crippen LogP contribution < -0.4 is 16.0 Å². The third kappa shape index (κ3) is 9.25. The number of aromatic nitrogens is 1. The van der Waals surface area contributed by atoms with Gasteiger partial charge in [-0.2, -0.15) is 0 Å². The summed E-state index contributed by atoms with van der Waals surface area (Å²) < 4.78 is 1.08. The number of carbonyl (C=O) groups is 3. The van der Waals surface area contributed by atoms with Crippen LogP contribution in [-0.4, -0.2) is 90.9 Å². The number of nitrogens with one attached hydrogen (secondary N) is 3. The summed E-state index contributed by atoms with van der Waals surface area (Å²) in [4.78, 5) is 47.7. The summed E-state index contributed by atoms with van der Waals surface area (Å²) in [6.45, 7) is 14.7. The Morgan fingerprint density at radius 1 is 1.05 bits per heavy atom. The van der Waals surface area contributed by atoms with Crippen LogP contribution in [0.4, 0.5) is 0 Å². The van der Waals surface area contributed by atoms with E-state index in [-0.39, 0.29) is 35.6 Å². The maximum Gasteiger partial charge on any atom is 0.243 e. The second-order valence-electron chi connectivity index (χ2n) is 11.0. The van der Waals surface area contributed by atoms with Crippen molar-refractivity contribution in [3.05, 3.63) is 28.8 Å². The minimum atomic E-state index is -0.743. The molecule has 2 aromatic rings. The van der Waals surface area contributed by atoms with E-state index in [2.05, 4.69) is 65.7 Å². The zero-order chi connectivity index (χ0) is 28.5. The summed E-state index contributed by atoms with van der Waals surface area (Å²) in [7, 11) is 2.12. The SMILES string of the molecule is CCc1ccc2nc(C[C@H](NC(C)=O)C(=O)NC(CNC(=O)C(C)CN3CCN(C)CC3)[C@@H](C)CC)sc2c1. The van der Waals surface area contributed by atoms with E-state index in [1.165, 1.54) is 12.5 Å². The third-order valence-electron chi connectivity index (χ3n) is 7.71. The van der Waals surface area contributed by atoms with Crippen molar-refractivity contribution < 1.29 is 14.4 Å². The molecular formula is C29H46N6O3S. The van der Waals surface area contributed by atoms with Crippen molar-refractivity contribution in [2.24, 2.45) is 11.8 Å². The van der Waals surface area contributed by atoms with E-state index < -0.39 is 6.04 Å². The molecule has 3 amide bonds. The summed E-state index contributed by atoms with van der Waals surface area (Å²) >= 11 is 1.55.